The van der Waals surface area contributed by atoms with Crippen molar-refractivity contribution in [3.8, 4) is 0 Å². The van der Waals surface area contributed by atoms with Crippen molar-refractivity contribution in [2.45, 2.75) is 29.9 Å². The van der Waals surface area contributed by atoms with Gasteiger partial charge in [-0.1, -0.05) is 12.1 Å². The van der Waals surface area contributed by atoms with Crippen LogP contribution in [0.1, 0.15) is 45.7 Å². The Kier molecular flexibility index (Phi) is 7.77. The van der Waals surface area contributed by atoms with E-state index in [2.05, 4.69) is 17.3 Å². The highest BCUT2D eigenvalue weighted by Crippen LogP contribution is 2.28. The van der Waals surface area contributed by atoms with E-state index in [0.29, 0.717) is 35.1 Å². The average Bonchev–Trinajstić information content (AvgIpc) is 3.22. The first kappa shape index (κ1) is 21.5. The van der Waals surface area contributed by atoms with Crippen molar-refractivity contribution in [1.82, 2.24) is 10.2 Å². The minimum Gasteiger partial charge on any atom is -0.468 e. The highest BCUT2D eigenvalue weighted by molar-refractivity contribution is 7.98. The number of hydrogen-bond acceptors (Lipinski definition) is 6. The molecule has 3 rings (SSSR count). The summed E-state index contributed by atoms with van der Waals surface area (Å²) in [7, 11) is 3.50. The van der Waals surface area contributed by atoms with Crippen molar-refractivity contribution in [2.24, 2.45) is 5.92 Å². The number of piperidine rings is 1. The molecule has 0 aliphatic carbocycles. The molecule has 1 aromatic carbocycles. The maximum atomic E-state index is 12.7. The minimum absolute atomic E-state index is 0.0614. The number of rotatable bonds is 8. The van der Waals surface area contributed by atoms with Crippen molar-refractivity contribution in [3.05, 3.63) is 53.5 Å². The second-order valence-electron chi connectivity index (χ2n) is 7.33. The molecule has 0 bridgehead atoms. The maximum Gasteiger partial charge on any atom is 0.341 e. The number of thioether (sulfide) groups is 1. The number of nitrogens with one attached hydrogen (secondary N) is 1. The maximum absolute atomic E-state index is 12.7. The molecule has 1 aliphatic heterocycles. The molecule has 0 atom stereocenters. The van der Waals surface area contributed by atoms with Crippen molar-refractivity contribution in [1.29, 1.82) is 0 Å². The third kappa shape index (κ3) is 5.87. The molecule has 1 aliphatic rings. The number of hydrogen-bond donors (Lipinski definition) is 1. The lowest BCUT2D eigenvalue weighted by molar-refractivity contribution is 0.0598. The molecule has 2 heterocycles. The summed E-state index contributed by atoms with van der Waals surface area (Å²) in [5.41, 5.74) is 1.06. The largest absolute Gasteiger partial charge is 0.468 e. The van der Waals surface area contributed by atoms with Gasteiger partial charge >= 0.3 is 5.97 Å². The fourth-order valence-electron chi connectivity index (χ4n) is 3.50. The molecule has 0 radical (unpaired) electrons. The van der Waals surface area contributed by atoms with Gasteiger partial charge in [0.25, 0.3) is 5.91 Å². The van der Waals surface area contributed by atoms with E-state index in [1.807, 2.05) is 24.3 Å². The molecule has 0 saturated carbocycles. The lowest BCUT2D eigenvalue weighted by atomic mass is 9.94. The summed E-state index contributed by atoms with van der Waals surface area (Å²) in [6, 6.07) is 9.11. The van der Waals surface area contributed by atoms with Gasteiger partial charge in [-0.2, -0.15) is 0 Å². The number of ether oxygens (including phenoxy) is 1. The molecule has 1 N–H and O–H groups in total. The second kappa shape index (κ2) is 10.5. The van der Waals surface area contributed by atoms with E-state index >= 15 is 0 Å². The lowest BCUT2D eigenvalue weighted by Crippen LogP contribution is -2.32. The predicted molar refractivity (Wildman–Crippen MR) is 113 cm³/mol. The van der Waals surface area contributed by atoms with Gasteiger partial charge in [-0.05, 0) is 63.5 Å². The summed E-state index contributed by atoms with van der Waals surface area (Å²) in [5.74, 6) is 1.19. The van der Waals surface area contributed by atoms with Crippen molar-refractivity contribution < 1.29 is 18.7 Å². The Bertz CT molecular complexity index is 828. The Hall–Kier alpha value is -2.25. The molecule has 1 fully saturated rings. The van der Waals surface area contributed by atoms with Gasteiger partial charge in [-0.25, -0.2) is 4.79 Å². The average molecular weight is 417 g/mol. The Morgan fingerprint density at radius 1 is 1.21 bits per heavy atom. The van der Waals surface area contributed by atoms with Crippen molar-refractivity contribution >= 4 is 23.6 Å². The molecule has 7 heteroatoms. The fraction of sp³-hybridized carbons (Fsp3) is 0.455. The molecule has 1 amide bonds. The quantitative estimate of drug-likeness (QED) is 0.521. The molecule has 6 nitrogen and oxygen atoms in total. The van der Waals surface area contributed by atoms with E-state index in [1.165, 1.54) is 38.0 Å². The van der Waals surface area contributed by atoms with E-state index in [4.69, 9.17) is 9.15 Å². The van der Waals surface area contributed by atoms with Crippen LogP contribution in [-0.4, -0.2) is 50.6 Å². The summed E-state index contributed by atoms with van der Waals surface area (Å²) in [6.45, 7) is 2.97. The van der Waals surface area contributed by atoms with Crippen LogP contribution >= 0.6 is 11.8 Å². The van der Waals surface area contributed by atoms with Crippen LogP contribution in [0.2, 0.25) is 0 Å². The number of nitrogens with zero attached hydrogens (tertiary/aromatic N) is 1. The number of esters is 1. The van der Waals surface area contributed by atoms with Crippen molar-refractivity contribution in [2.75, 3.05) is 33.8 Å². The van der Waals surface area contributed by atoms with Crippen LogP contribution < -0.4 is 5.32 Å². The summed E-state index contributed by atoms with van der Waals surface area (Å²) in [6.07, 6.45) is 4.89. The lowest BCUT2D eigenvalue weighted by Gasteiger charge is -2.28. The number of likely N-dealkylation sites (tertiary alicyclic amines) is 1. The molecule has 0 unspecified atom stereocenters. The Balaban J connectivity index is 1.55. The van der Waals surface area contributed by atoms with E-state index in [-0.39, 0.29) is 5.91 Å². The highest BCUT2D eigenvalue weighted by atomic mass is 32.2. The number of carbonyl (C=O) groups is 2. The number of furan rings is 1. The van der Waals surface area contributed by atoms with Gasteiger partial charge in [-0.3, -0.25) is 4.79 Å². The first-order valence-corrected chi connectivity index (χ1v) is 10.9. The minimum atomic E-state index is -0.422. The van der Waals surface area contributed by atoms with Gasteiger partial charge in [0.2, 0.25) is 0 Å². The number of carbonyl (C=O) groups excluding carboxylic acids is 2. The van der Waals surface area contributed by atoms with E-state index < -0.39 is 5.97 Å². The monoisotopic (exact) mass is 416 g/mol. The second-order valence-corrected chi connectivity index (χ2v) is 8.34. The van der Waals surface area contributed by atoms with E-state index in [1.54, 1.807) is 6.07 Å². The number of benzene rings is 1. The molecular weight excluding hydrogens is 388 g/mol. The SMILES string of the molecule is COC(=O)c1ccoc1CSc1ccccc1C(=O)NCCC1CCN(C)CC1. The molecule has 0 spiro atoms. The van der Waals surface area contributed by atoms with Crippen molar-refractivity contribution in [3.63, 3.8) is 0 Å². The third-order valence-corrected chi connectivity index (χ3v) is 6.39. The van der Waals surface area contributed by atoms with Crippen LogP contribution in [0, 0.1) is 5.92 Å². The van der Waals surface area contributed by atoms with Gasteiger partial charge in [0.15, 0.2) is 0 Å². The summed E-state index contributed by atoms with van der Waals surface area (Å²) < 4.78 is 10.2. The van der Waals surface area contributed by atoms with Crippen LogP contribution in [0.25, 0.3) is 0 Å². The van der Waals surface area contributed by atoms with Gasteiger partial charge in [0, 0.05) is 11.4 Å². The van der Waals surface area contributed by atoms with Crippen LogP contribution in [-0.2, 0) is 10.5 Å². The molecule has 156 valence electrons. The summed E-state index contributed by atoms with van der Waals surface area (Å²) >= 11 is 1.47. The summed E-state index contributed by atoms with van der Waals surface area (Å²) in [5, 5.41) is 3.07. The Morgan fingerprint density at radius 2 is 1.97 bits per heavy atom. The molecule has 29 heavy (non-hydrogen) atoms. The van der Waals surface area contributed by atoms with Gasteiger partial charge in [0.1, 0.15) is 11.3 Å². The first-order valence-electron chi connectivity index (χ1n) is 9.91. The fourth-order valence-corrected chi connectivity index (χ4v) is 4.50. The molecule has 1 aromatic heterocycles. The van der Waals surface area contributed by atoms with Crippen LogP contribution in [0.3, 0.4) is 0 Å². The smallest absolute Gasteiger partial charge is 0.341 e. The summed E-state index contributed by atoms with van der Waals surface area (Å²) in [4.78, 5) is 27.7. The van der Waals surface area contributed by atoms with Gasteiger partial charge in [0.05, 0.1) is 24.7 Å². The topological polar surface area (TPSA) is 71.8 Å². The zero-order valence-electron chi connectivity index (χ0n) is 17.0. The van der Waals surface area contributed by atoms with Gasteiger partial charge in [-0.15, -0.1) is 11.8 Å². The van der Waals surface area contributed by atoms with E-state index in [0.717, 1.165) is 24.4 Å². The zero-order chi connectivity index (χ0) is 20.6. The van der Waals surface area contributed by atoms with Crippen LogP contribution in [0.15, 0.2) is 45.9 Å². The van der Waals surface area contributed by atoms with Crippen LogP contribution in [0.5, 0.6) is 0 Å². The highest BCUT2D eigenvalue weighted by Gasteiger charge is 2.19. The molecule has 1 saturated heterocycles. The normalized spacial score (nSPS) is 15.2. The standard InChI is InChI=1S/C22H28N2O4S/c1-24-12-8-16(9-13-24)7-11-23-21(25)18-5-3-4-6-20(18)29-15-19-17(10-14-28-19)22(26)27-2/h3-6,10,14,16H,7-9,11-13,15H2,1-2H3,(H,23,25). The molecule has 2 aromatic rings. The number of amides is 1. The Morgan fingerprint density at radius 3 is 2.72 bits per heavy atom. The Labute approximate surface area is 176 Å². The van der Waals surface area contributed by atoms with Crippen LogP contribution in [0.4, 0.5) is 0 Å². The van der Waals surface area contributed by atoms with Gasteiger partial charge < -0.3 is 19.4 Å². The van der Waals surface area contributed by atoms with E-state index in [9.17, 15) is 9.59 Å². The zero-order valence-corrected chi connectivity index (χ0v) is 17.8. The first-order chi connectivity index (χ1) is 14.1. The number of methoxy groups -OCH3 is 1. The predicted octanol–water partition coefficient (Wildman–Crippen LogP) is 3.82. The third-order valence-electron chi connectivity index (χ3n) is 5.32. The molecular formula is C22H28N2O4S.